The minimum absolute atomic E-state index is 0.0673. The lowest BCUT2D eigenvalue weighted by Crippen LogP contribution is -2.44. The number of H-pyrrole nitrogens is 1. The normalized spacial score (nSPS) is 23.4. The molecule has 5 nitrogen and oxygen atoms in total. The predicted molar refractivity (Wildman–Crippen MR) is 101 cm³/mol. The molecule has 3 atom stereocenters. The maximum absolute atomic E-state index is 12.3. The van der Waals surface area contributed by atoms with Crippen LogP contribution in [-0.4, -0.2) is 32.9 Å². The van der Waals surface area contributed by atoms with Crippen molar-refractivity contribution in [2.24, 2.45) is 11.8 Å². The van der Waals surface area contributed by atoms with Crippen LogP contribution in [0.25, 0.3) is 11.4 Å². The highest BCUT2D eigenvalue weighted by Gasteiger charge is 2.28. The predicted octanol–water partition coefficient (Wildman–Crippen LogP) is 3.81. The van der Waals surface area contributed by atoms with Gasteiger partial charge in [-0.3, -0.25) is 9.89 Å². The summed E-state index contributed by atoms with van der Waals surface area (Å²) in [6.45, 7) is 6.57. The largest absolute Gasteiger partial charge is 0.352 e. The summed E-state index contributed by atoms with van der Waals surface area (Å²) in [7, 11) is 0. The lowest BCUT2D eigenvalue weighted by Gasteiger charge is -2.34. The number of amides is 1. The Morgan fingerprint density at radius 2 is 2.04 bits per heavy atom. The van der Waals surface area contributed by atoms with Crippen LogP contribution in [0.15, 0.2) is 29.4 Å². The molecule has 1 amide bonds. The van der Waals surface area contributed by atoms with E-state index < -0.39 is 0 Å². The summed E-state index contributed by atoms with van der Waals surface area (Å²) >= 11 is 1.37. The van der Waals surface area contributed by atoms with Crippen molar-refractivity contribution in [3.8, 4) is 11.4 Å². The van der Waals surface area contributed by atoms with Crippen LogP contribution >= 0.6 is 11.8 Å². The van der Waals surface area contributed by atoms with Crippen molar-refractivity contribution in [1.82, 2.24) is 20.5 Å². The number of rotatable bonds is 5. The molecule has 1 heterocycles. The molecule has 1 aromatic carbocycles. The molecule has 0 spiro atoms. The summed E-state index contributed by atoms with van der Waals surface area (Å²) in [6.07, 6.45) is 3.55. The number of nitrogens with one attached hydrogen (secondary N) is 2. The zero-order valence-corrected chi connectivity index (χ0v) is 15.9. The molecule has 0 bridgehead atoms. The molecule has 1 saturated carbocycles. The Labute approximate surface area is 153 Å². The van der Waals surface area contributed by atoms with Crippen molar-refractivity contribution in [1.29, 1.82) is 0 Å². The van der Waals surface area contributed by atoms with E-state index >= 15 is 0 Å². The van der Waals surface area contributed by atoms with E-state index in [0.717, 1.165) is 17.8 Å². The Bertz CT molecular complexity index is 712. The van der Waals surface area contributed by atoms with Crippen LogP contribution in [0.1, 0.15) is 38.7 Å². The van der Waals surface area contributed by atoms with E-state index in [2.05, 4.69) is 41.3 Å². The second kappa shape index (κ2) is 8.04. The monoisotopic (exact) mass is 358 g/mol. The molecule has 6 heteroatoms. The summed E-state index contributed by atoms with van der Waals surface area (Å²) in [6, 6.07) is 8.42. The molecule has 0 unspecified atom stereocenters. The van der Waals surface area contributed by atoms with Crippen LogP contribution in [0.4, 0.5) is 0 Å². The molecule has 1 aliphatic rings. The molecular formula is C19H26N4OS. The molecule has 0 aliphatic heterocycles. The fourth-order valence-electron chi connectivity index (χ4n) is 3.32. The first-order chi connectivity index (χ1) is 12.0. The molecular weight excluding hydrogens is 332 g/mol. The Morgan fingerprint density at radius 1 is 1.28 bits per heavy atom. The molecule has 0 radical (unpaired) electrons. The van der Waals surface area contributed by atoms with Crippen molar-refractivity contribution in [2.45, 2.75) is 51.2 Å². The van der Waals surface area contributed by atoms with Crippen molar-refractivity contribution in [3.05, 3.63) is 29.8 Å². The Balaban J connectivity index is 1.52. The van der Waals surface area contributed by atoms with E-state index in [1.54, 1.807) is 0 Å². The van der Waals surface area contributed by atoms with Gasteiger partial charge in [0, 0.05) is 11.6 Å². The van der Waals surface area contributed by atoms with Gasteiger partial charge in [-0.2, -0.15) is 0 Å². The molecule has 134 valence electrons. The fraction of sp³-hybridized carbons (Fsp3) is 0.526. The quantitative estimate of drug-likeness (QED) is 0.797. The van der Waals surface area contributed by atoms with Crippen molar-refractivity contribution < 1.29 is 4.79 Å². The Morgan fingerprint density at radius 3 is 2.80 bits per heavy atom. The van der Waals surface area contributed by atoms with Crippen LogP contribution in [0.3, 0.4) is 0 Å². The van der Waals surface area contributed by atoms with Gasteiger partial charge in [-0.05, 0) is 25.2 Å². The zero-order valence-electron chi connectivity index (χ0n) is 15.1. The van der Waals surface area contributed by atoms with E-state index in [1.165, 1.54) is 30.2 Å². The van der Waals surface area contributed by atoms with Crippen LogP contribution in [0.2, 0.25) is 0 Å². The Hall–Kier alpha value is -1.82. The number of carbonyl (C=O) groups excluding carboxylic acids is 1. The van der Waals surface area contributed by atoms with Gasteiger partial charge in [-0.15, -0.1) is 5.10 Å². The average molecular weight is 359 g/mol. The summed E-state index contributed by atoms with van der Waals surface area (Å²) in [5, 5.41) is 10.9. The molecule has 1 fully saturated rings. The van der Waals surface area contributed by atoms with Crippen molar-refractivity contribution >= 4 is 17.7 Å². The smallest absolute Gasteiger partial charge is 0.230 e. The third kappa shape index (κ3) is 4.63. The van der Waals surface area contributed by atoms with Gasteiger partial charge in [0.15, 0.2) is 5.82 Å². The fourth-order valence-corrected chi connectivity index (χ4v) is 3.93. The summed E-state index contributed by atoms with van der Waals surface area (Å²) in [5.74, 6) is 2.37. The maximum atomic E-state index is 12.3. The minimum atomic E-state index is 0.0673. The number of carbonyl (C=O) groups is 1. The highest BCUT2D eigenvalue weighted by molar-refractivity contribution is 7.99. The highest BCUT2D eigenvalue weighted by atomic mass is 32.2. The third-order valence-electron chi connectivity index (χ3n) is 5.18. The number of aryl methyl sites for hydroxylation is 1. The van der Waals surface area contributed by atoms with Gasteiger partial charge < -0.3 is 5.32 Å². The van der Waals surface area contributed by atoms with Gasteiger partial charge >= 0.3 is 0 Å². The first-order valence-electron chi connectivity index (χ1n) is 8.94. The zero-order chi connectivity index (χ0) is 17.8. The molecule has 25 heavy (non-hydrogen) atoms. The van der Waals surface area contributed by atoms with Crippen molar-refractivity contribution in [2.75, 3.05) is 5.75 Å². The number of aromatic amines is 1. The topological polar surface area (TPSA) is 70.7 Å². The number of benzene rings is 1. The van der Waals surface area contributed by atoms with Gasteiger partial charge in [-0.1, -0.05) is 68.3 Å². The number of hydrogen-bond donors (Lipinski definition) is 2. The Kier molecular flexibility index (Phi) is 5.78. The summed E-state index contributed by atoms with van der Waals surface area (Å²) in [4.78, 5) is 16.7. The van der Waals surface area contributed by atoms with Crippen molar-refractivity contribution in [3.63, 3.8) is 0 Å². The summed E-state index contributed by atoms with van der Waals surface area (Å²) < 4.78 is 0. The standard InChI is InChI=1S/C19H26N4OS/c1-12-7-9-15(10-8-12)18-21-19(23-22-18)25-11-17(24)20-16-6-4-5-13(2)14(16)3/h7-10,13-14,16H,4-6,11H2,1-3H3,(H,20,24)(H,21,22,23)/t13-,14+,16+/m1/s1. The first kappa shape index (κ1) is 18.0. The molecule has 1 aromatic heterocycles. The lowest BCUT2D eigenvalue weighted by molar-refractivity contribution is -0.120. The van der Waals surface area contributed by atoms with Gasteiger partial charge in [0.2, 0.25) is 11.1 Å². The maximum Gasteiger partial charge on any atom is 0.230 e. The second-order valence-corrected chi connectivity index (χ2v) is 8.01. The van der Waals surface area contributed by atoms with E-state index in [0.29, 0.717) is 28.8 Å². The van der Waals surface area contributed by atoms with Crippen LogP contribution in [-0.2, 0) is 4.79 Å². The third-order valence-corrected chi connectivity index (χ3v) is 6.02. The van der Waals surface area contributed by atoms with Gasteiger partial charge in [0.25, 0.3) is 0 Å². The van der Waals surface area contributed by atoms with Crippen LogP contribution in [0.5, 0.6) is 0 Å². The lowest BCUT2D eigenvalue weighted by atomic mass is 9.78. The molecule has 0 saturated heterocycles. The second-order valence-electron chi connectivity index (χ2n) is 7.06. The molecule has 2 N–H and O–H groups in total. The number of aromatic nitrogens is 3. The SMILES string of the molecule is Cc1ccc(-c2nc(SCC(=O)N[C@H]3CCC[C@@H](C)[C@@H]3C)n[nH]2)cc1. The van der Waals surface area contributed by atoms with Gasteiger partial charge in [0.1, 0.15) is 0 Å². The van der Waals surface area contributed by atoms with Gasteiger partial charge in [-0.25, -0.2) is 4.98 Å². The number of thioether (sulfide) groups is 1. The van der Waals surface area contributed by atoms with E-state index in [-0.39, 0.29) is 5.91 Å². The number of nitrogens with zero attached hydrogens (tertiary/aromatic N) is 2. The van der Waals surface area contributed by atoms with E-state index in [1.807, 2.05) is 24.3 Å². The molecule has 3 rings (SSSR count). The molecule has 2 aromatic rings. The number of hydrogen-bond acceptors (Lipinski definition) is 4. The van der Waals surface area contributed by atoms with E-state index in [9.17, 15) is 4.79 Å². The minimum Gasteiger partial charge on any atom is -0.352 e. The summed E-state index contributed by atoms with van der Waals surface area (Å²) in [5.41, 5.74) is 2.21. The highest BCUT2D eigenvalue weighted by Crippen LogP contribution is 2.29. The van der Waals surface area contributed by atoms with E-state index in [4.69, 9.17) is 0 Å². The first-order valence-corrected chi connectivity index (χ1v) is 9.93. The average Bonchev–Trinajstić information content (AvgIpc) is 3.07. The molecule has 1 aliphatic carbocycles. The van der Waals surface area contributed by atoms with Gasteiger partial charge in [0.05, 0.1) is 5.75 Å². The van der Waals surface area contributed by atoms with Crippen LogP contribution in [0, 0.1) is 18.8 Å². The van der Waals surface area contributed by atoms with Crippen LogP contribution < -0.4 is 5.32 Å².